The van der Waals surface area contributed by atoms with Gasteiger partial charge in [0.15, 0.2) is 0 Å². The van der Waals surface area contributed by atoms with Crippen molar-refractivity contribution in [1.29, 1.82) is 5.26 Å². The minimum Gasteiger partial charge on any atom is -0.508 e. The summed E-state index contributed by atoms with van der Waals surface area (Å²) in [5.41, 5.74) is 6.12. The number of aromatic hydroxyl groups is 1. The third-order valence-electron chi connectivity index (χ3n) is 5.14. The molecule has 1 unspecified atom stereocenters. The van der Waals surface area contributed by atoms with Crippen LogP contribution in [0.1, 0.15) is 37.3 Å². The molecule has 1 aromatic carbocycles. The van der Waals surface area contributed by atoms with Crippen molar-refractivity contribution in [3.05, 3.63) is 27.7 Å². The molecule has 3 rings (SSSR count). The molecule has 1 aliphatic carbocycles. The van der Waals surface area contributed by atoms with Crippen molar-refractivity contribution < 1.29 is 9.90 Å². The van der Waals surface area contributed by atoms with Crippen LogP contribution >= 0.6 is 23.2 Å². The maximum atomic E-state index is 12.4. The van der Waals surface area contributed by atoms with E-state index in [0.29, 0.717) is 36.5 Å². The van der Waals surface area contributed by atoms with E-state index < -0.39 is 5.41 Å². The van der Waals surface area contributed by atoms with Gasteiger partial charge in [0, 0.05) is 30.8 Å². The quantitative estimate of drug-likeness (QED) is 0.857. The van der Waals surface area contributed by atoms with Crippen molar-refractivity contribution >= 4 is 29.1 Å². The number of piperidine rings is 1. The number of rotatable bonds is 3. The second-order valence-electron chi connectivity index (χ2n) is 6.67. The molecular weight excluding hydrogens is 349 g/mol. The van der Waals surface area contributed by atoms with Crippen molar-refractivity contribution in [2.45, 2.75) is 31.7 Å². The third-order valence-corrected chi connectivity index (χ3v) is 5.86. The highest BCUT2D eigenvalue weighted by Crippen LogP contribution is 2.47. The largest absolute Gasteiger partial charge is 0.508 e. The Balaban J connectivity index is 1.66. The summed E-state index contributed by atoms with van der Waals surface area (Å²) in [4.78, 5) is 14.2. The molecule has 0 bridgehead atoms. The molecule has 1 aliphatic heterocycles. The fraction of sp³-hybridized carbons (Fsp3) is 0.529. The van der Waals surface area contributed by atoms with Crippen LogP contribution in [0, 0.1) is 22.7 Å². The lowest BCUT2D eigenvalue weighted by Crippen LogP contribution is -2.44. The predicted octanol–water partition coefficient (Wildman–Crippen LogP) is 3.24. The molecule has 7 heteroatoms. The molecule has 128 valence electrons. The van der Waals surface area contributed by atoms with Crippen LogP contribution < -0.4 is 5.73 Å². The fourth-order valence-corrected chi connectivity index (χ4v) is 3.67. The van der Waals surface area contributed by atoms with E-state index in [1.165, 1.54) is 6.07 Å². The number of amides is 1. The average Bonchev–Trinajstić information content (AvgIpc) is 3.38. The van der Waals surface area contributed by atoms with E-state index in [2.05, 4.69) is 6.07 Å². The van der Waals surface area contributed by atoms with Gasteiger partial charge in [0.1, 0.15) is 11.2 Å². The molecule has 1 saturated carbocycles. The van der Waals surface area contributed by atoms with Crippen LogP contribution in [-0.4, -0.2) is 29.0 Å². The maximum absolute atomic E-state index is 12.4. The summed E-state index contributed by atoms with van der Waals surface area (Å²) in [6.07, 6.45) is 2.79. The molecule has 5 nitrogen and oxygen atoms in total. The van der Waals surface area contributed by atoms with Gasteiger partial charge < -0.3 is 15.7 Å². The van der Waals surface area contributed by atoms with Crippen LogP contribution in [0.25, 0.3) is 0 Å². The van der Waals surface area contributed by atoms with Gasteiger partial charge in [-0.05, 0) is 37.7 Å². The molecule has 1 amide bonds. The van der Waals surface area contributed by atoms with Gasteiger partial charge in [-0.25, -0.2) is 0 Å². The van der Waals surface area contributed by atoms with E-state index in [1.54, 1.807) is 11.0 Å². The lowest BCUT2D eigenvalue weighted by Gasteiger charge is -2.36. The van der Waals surface area contributed by atoms with Crippen LogP contribution in [0.15, 0.2) is 12.1 Å². The molecule has 1 saturated heterocycles. The number of phenols is 1. The lowest BCUT2D eigenvalue weighted by atomic mass is 9.85. The first-order valence-electron chi connectivity index (χ1n) is 8.02. The van der Waals surface area contributed by atoms with E-state index in [9.17, 15) is 9.90 Å². The van der Waals surface area contributed by atoms with Gasteiger partial charge in [0.2, 0.25) is 5.91 Å². The van der Waals surface area contributed by atoms with Gasteiger partial charge in [-0.3, -0.25) is 4.79 Å². The number of benzene rings is 1. The highest BCUT2D eigenvalue weighted by Gasteiger charge is 2.52. The van der Waals surface area contributed by atoms with E-state index in [4.69, 9.17) is 34.2 Å². The van der Waals surface area contributed by atoms with Gasteiger partial charge in [-0.2, -0.15) is 5.26 Å². The summed E-state index contributed by atoms with van der Waals surface area (Å²) < 4.78 is 0. The average molecular weight is 368 g/mol. The normalized spacial score (nSPS) is 21.2. The van der Waals surface area contributed by atoms with Gasteiger partial charge in [0.05, 0.1) is 16.1 Å². The van der Waals surface area contributed by atoms with Crippen LogP contribution in [-0.2, 0) is 4.79 Å². The Hall–Kier alpha value is -1.48. The van der Waals surface area contributed by atoms with Gasteiger partial charge in [0.25, 0.3) is 0 Å². The molecule has 3 N–H and O–H groups in total. The number of nitrogens with zero attached hydrogens (tertiary/aromatic N) is 2. The second-order valence-corrected chi connectivity index (χ2v) is 7.49. The summed E-state index contributed by atoms with van der Waals surface area (Å²) >= 11 is 11.9. The van der Waals surface area contributed by atoms with Crippen molar-refractivity contribution in [2.24, 2.45) is 17.1 Å². The molecule has 0 aromatic heterocycles. The number of phenolic OH excluding ortho intramolecular Hbond substituents is 1. The first-order chi connectivity index (χ1) is 11.4. The topological polar surface area (TPSA) is 90.4 Å². The molecule has 1 heterocycles. The van der Waals surface area contributed by atoms with Crippen LogP contribution in [0.5, 0.6) is 5.75 Å². The van der Waals surface area contributed by atoms with E-state index >= 15 is 0 Å². The molecule has 1 aromatic rings. The minimum atomic E-state index is -0.767. The van der Waals surface area contributed by atoms with E-state index in [-0.39, 0.29) is 28.6 Å². The number of nitrogens with two attached hydrogens (primary N) is 1. The molecule has 0 radical (unpaired) electrons. The summed E-state index contributed by atoms with van der Waals surface area (Å²) in [5, 5.41) is 19.9. The highest BCUT2D eigenvalue weighted by molar-refractivity contribution is 6.42. The van der Waals surface area contributed by atoms with Gasteiger partial charge in [-0.1, -0.05) is 23.2 Å². The molecule has 0 spiro atoms. The number of carbonyl (C=O) groups is 1. The Morgan fingerprint density at radius 3 is 2.46 bits per heavy atom. The first-order valence-corrected chi connectivity index (χ1v) is 8.77. The Morgan fingerprint density at radius 2 is 1.92 bits per heavy atom. The van der Waals surface area contributed by atoms with E-state index in [1.807, 2.05) is 0 Å². The number of nitriles is 1. The van der Waals surface area contributed by atoms with Crippen molar-refractivity contribution in [3.8, 4) is 11.8 Å². The predicted molar refractivity (Wildman–Crippen MR) is 91.6 cm³/mol. The number of carbonyl (C=O) groups excluding carboxylic acids is 1. The maximum Gasteiger partial charge on any atom is 0.243 e. The Labute approximate surface area is 150 Å². The van der Waals surface area contributed by atoms with Crippen LogP contribution in [0.4, 0.5) is 0 Å². The second kappa shape index (κ2) is 6.44. The van der Waals surface area contributed by atoms with Crippen LogP contribution in [0.2, 0.25) is 10.0 Å². The molecule has 1 atom stereocenters. The zero-order valence-electron chi connectivity index (χ0n) is 13.1. The standard InChI is InChI=1S/C17H19Cl2N3O2/c18-12-7-11(14(23)8-13(12)19)15(21)10-1-5-22(6-2-10)16(24)17(9-20)3-4-17/h7-8,10,15,23H,1-6,21H2. The minimum absolute atomic E-state index is 0.0387. The van der Waals surface area contributed by atoms with E-state index in [0.717, 1.165) is 12.8 Å². The van der Waals surface area contributed by atoms with Gasteiger partial charge in [-0.15, -0.1) is 0 Å². The highest BCUT2D eigenvalue weighted by atomic mass is 35.5. The smallest absolute Gasteiger partial charge is 0.243 e. The van der Waals surface area contributed by atoms with Crippen molar-refractivity contribution in [2.75, 3.05) is 13.1 Å². The zero-order chi connectivity index (χ0) is 17.5. The Kier molecular flexibility index (Phi) is 4.65. The summed E-state index contributed by atoms with van der Waals surface area (Å²) in [7, 11) is 0. The SMILES string of the molecule is N#CC1(C(=O)N2CCC(C(N)c3cc(Cl)c(Cl)cc3O)CC2)CC1. The lowest BCUT2D eigenvalue weighted by molar-refractivity contribution is -0.136. The monoisotopic (exact) mass is 367 g/mol. The third kappa shape index (κ3) is 3.06. The summed E-state index contributed by atoms with van der Waals surface area (Å²) in [6, 6.07) is 4.79. The zero-order valence-corrected chi connectivity index (χ0v) is 14.6. The summed E-state index contributed by atoms with van der Waals surface area (Å²) in [6.45, 7) is 1.17. The summed E-state index contributed by atoms with van der Waals surface area (Å²) in [5.74, 6) is 0.126. The molecule has 24 heavy (non-hydrogen) atoms. The number of halogens is 2. The Morgan fingerprint density at radius 1 is 1.33 bits per heavy atom. The number of hydrogen-bond acceptors (Lipinski definition) is 4. The molecule has 2 aliphatic rings. The molecule has 2 fully saturated rings. The molecular formula is C17H19Cl2N3O2. The van der Waals surface area contributed by atoms with Crippen LogP contribution in [0.3, 0.4) is 0 Å². The van der Waals surface area contributed by atoms with Gasteiger partial charge >= 0.3 is 0 Å². The first kappa shape index (κ1) is 17.3. The number of hydrogen-bond donors (Lipinski definition) is 2. The number of likely N-dealkylation sites (tertiary alicyclic amines) is 1. The van der Waals surface area contributed by atoms with Crippen molar-refractivity contribution in [3.63, 3.8) is 0 Å². The Bertz CT molecular complexity index is 705. The van der Waals surface area contributed by atoms with Crippen molar-refractivity contribution in [1.82, 2.24) is 4.90 Å². The fourth-order valence-electron chi connectivity index (χ4n) is 3.34.